The van der Waals surface area contributed by atoms with Crippen LogP contribution in [0, 0.1) is 5.82 Å². The molecule has 3 heteroatoms. The van der Waals surface area contributed by atoms with E-state index < -0.39 is 0 Å². The molecule has 0 heterocycles. The highest BCUT2D eigenvalue weighted by molar-refractivity contribution is 6.32. The van der Waals surface area contributed by atoms with Crippen molar-refractivity contribution in [3.05, 3.63) is 82.2 Å². The van der Waals surface area contributed by atoms with Gasteiger partial charge in [-0.3, -0.25) is 0 Å². The van der Waals surface area contributed by atoms with E-state index in [9.17, 15) is 4.39 Å². The van der Waals surface area contributed by atoms with E-state index in [1.54, 1.807) is 12.1 Å². The van der Waals surface area contributed by atoms with Crippen molar-refractivity contribution in [3.63, 3.8) is 0 Å². The molecule has 3 rings (SSSR count). The Hall–Kier alpha value is -2.06. The SMILES string of the molecule is CCC/C=C/CCc1ccc(C2CC=C(c3ccc(OCC)c(Cl)c3F)CC2)cc1. The minimum absolute atomic E-state index is 0.0810. The predicted octanol–water partition coefficient (Wildman–Crippen LogP) is 8.52. The smallest absolute Gasteiger partial charge is 0.153 e. The van der Waals surface area contributed by atoms with E-state index in [1.165, 1.54) is 24.0 Å². The second kappa shape index (κ2) is 11.4. The monoisotopic (exact) mass is 426 g/mol. The molecule has 0 aliphatic heterocycles. The lowest BCUT2D eigenvalue weighted by Crippen LogP contribution is -2.05. The summed E-state index contributed by atoms with van der Waals surface area (Å²) in [5.74, 6) is 0.536. The van der Waals surface area contributed by atoms with Crippen molar-refractivity contribution in [2.75, 3.05) is 6.61 Å². The lowest BCUT2D eigenvalue weighted by Gasteiger charge is -2.23. The second-order valence-electron chi connectivity index (χ2n) is 7.91. The summed E-state index contributed by atoms with van der Waals surface area (Å²) in [5, 5.41) is 0.0810. The van der Waals surface area contributed by atoms with Gasteiger partial charge in [-0.1, -0.05) is 67.4 Å². The van der Waals surface area contributed by atoms with Crippen LogP contribution in [0.5, 0.6) is 5.75 Å². The van der Waals surface area contributed by atoms with Crippen LogP contribution in [0.15, 0.2) is 54.6 Å². The highest BCUT2D eigenvalue weighted by atomic mass is 35.5. The fourth-order valence-corrected chi connectivity index (χ4v) is 4.26. The maximum absolute atomic E-state index is 14.7. The van der Waals surface area contributed by atoms with E-state index in [0.29, 0.717) is 23.8 Å². The molecule has 1 unspecified atom stereocenters. The molecule has 0 spiro atoms. The Balaban J connectivity index is 1.61. The number of allylic oxidation sites excluding steroid dienone is 4. The number of rotatable bonds is 9. The normalized spacial score (nSPS) is 16.7. The zero-order valence-corrected chi connectivity index (χ0v) is 18.9. The van der Waals surface area contributed by atoms with Gasteiger partial charge in [0.2, 0.25) is 0 Å². The van der Waals surface area contributed by atoms with Crippen LogP contribution in [0.2, 0.25) is 5.02 Å². The van der Waals surface area contributed by atoms with Gasteiger partial charge in [0.15, 0.2) is 5.82 Å². The standard InChI is InChI=1S/C27H32ClFO/c1-3-5-6-7-8-9-20-10-12-21(13-11-20)22-14-16-23(17-15-22)24-18-19-25(30-4-2)26(28)27(24)29/h6-7,10-13,16,18-19,22H,3-5,8-9,14-15,17H2,1-2H3/b7-6+. The van der Waals surface area contributed by atoms with Crippen LogP contribution in [0.3, 0.4) is 0 Å². The Morgan fingerprint density at radius 2 is 1.83 bits per heavy atom. The molecule has 0 N–H and O–H groups in total. The van der Waals surface area contributed by atoms with Gasteiger partial charge in [0, 0.05) is 5.56 Å². The lowest BCUT2D eigenvalue weighted by molar-refractivity contribution is 0.338. The third-order valence-electron chi connectivity index (χ3n) is 5.78. The molecule has 0 radical (unpaired) electrons. The number of benzene rings is 2. The average molecular weight is 427 g/mol. The molecule has 1 atom stereocenters. The quantitative estimate of drug-likeness (QED) is 0.365. The van der Waals surface area contributed by atoms with Crippen molar-refractivity contribution < 1.29 is 9.13 Å². The third kappa shape index (κ3) is 5.76. The first-order valence-corrected chi connectivity index (χ1v) is 11.6. The van der Waals surface area contributed by atoms with Crippen molar-refractivity contribution in [1.29, 1.82) is 0 Å². The summed E-state index contributed by atoms with van der Waals surface area (Å²) in [6.45, 7) is 4.54. The van der Waals surface area contributed by atoms with Gasteiger partial charge in [-0.25, -0.2) is 4.39 Å². The number of hydrogen-bond acceptors (Lipinski definition) is 1. The van der Waals surface area contributed by atoms with Crippen LogP contribution in [-0.4, -0.2) is 6.61 Å². The fourth-order valence-electron chi connectivity index (χ4n) is 4.04. The highest BCUT2D eigenvalue weighted by Crippen LogP contribution is 2.39. The van der Waals surface area contributed by atoms with Crippen LogP contribution in [0.25, 0.3) is 5.57 Å². The minimum Gasteiger partial charge on any atom is -0.492 e. The van der Waals surface area contributed by atoms with Crippen molar-refractivity contribution in [1.82, 2.24) is 0 Å². The molecule has 0 amide bonds. The Labute approximate surface area is 185 Å². The van der Waals surface area contributed by atoms with E-state index in [2.05, 4.69) is 49.4 Å². The molecule has 2 aromatic carbocycles. The molecular weight excluding hydrogens is 395 g/mol. The molecule has 0 aromatic heterocycles. The summed E-state index contributed by atoms with van der Waals surface area (Å²) in [4.78, 5) is 0. The van der Waals surface area contributed by atoms with E-state index >= 15 is 0 Å². The summed E-state index contributed by atoms with van der Waals surface area (Å²) in [6.07, 6.45) is 14.1. The van der Waals surface area contributed by atoms with Crippen molar-refractivity contribution in [3.8, 4) is 5.75 Å². The molecule has 0 fully saturated rings. The maximum atomic E-state index is 14.7. The van der Waals surface area contributed by atoms with Gasteiger partial charge in [0.25, 0.3) is 0 Å². The number of aryl methyl sites for hydroxylation is 1. The van der Waals surface area contributed by atoms with Gasteiger partial charge in [-0.15, -0.1) is 0 Å². The van der Waals surface area contributed by atoms with E-state index in [0.717, 1.165) is 37.7 Å². The number of halogens is 2. The van der Waals surface area contributed by atoms with Crippen molar-refractivity contribution >= 4 is 17.2 Å². The molecule has 1 aliphatic carbocycles. The summed E-state index contributed by atoms with van der Waals surface area (Å²) < 4.78 is 20.1. The van der Waals surface area contributed by atoms with Crippen LogP contribution < -0.4 is 4.74 Å². The van der Waals surface area contributed by atoms with Crippen LogP contribution in [0.4, 0.5) is 4.39 Å². The molecule has 30 heavy (non-hydrogen) atoms. The lowest BCUT2D eigenvalue weighted by atomic mass is 9.82. The van der Waals surface area contributed by atoms with Crippen LogP contribution >= 0.6 is 11.6 Å². The molecule has 1 aliphatic rings. The van der Waals surface area contributed by atoms with Crippen molar-refractivity contribution in [2.45, 2.75) is 64.7 Å². The molecular formula is C27H32ClFO. The van der Waals surface area contributed by atoms with E-state index in [-0.39, 0.29) is 10.8 Å². The Morgan fingerprint density at radius 1 is 1.07 bits per heavy atom. The van der Waals surface area contributed by atoms with Gasteiger partial charge in [0.05, 0.1) is 6.61 Å². The summed E-state index contributed by atoms with van der Waals surface area (Å²) >= 11 is 6.17. The van der Waals surface area contributed by atoms with Gasteiger partial charge in [-0.05, 0) is 80.2 Å². The zero-order valence-electron chi connectivity index (χ0n) is 18.1. The second-order valence-corrected chi connectivity index (χ2v) is 8.29. The third-order valence-corrected chi connectivity index (χ3v) is 6.13. The number of hydrogen-bond donors (Lipinski definition) is 0. The van der Waals surface area contributed by atoms with Crippen LogP contribution in [0.1, 0.15) is 75.0 Å². The van der Waals surface area contributed by atoms with Gasteiger partial charge in [0.1, 0.15) is 10.8 Å². The molecule has 2 aromatic rings. The summed E-state index contributed by atoms with van der Waals surface area (Å²) in [5.41, 5.74) is 4.41. The zero-order chi connectivity index (χ0) is 21.3. The Morgan fingerprint density at radius 3 is 2.50 bits per heavy atom. The Kier molecular flexibility index (Phi) is 8.57. The summed E-state index contributed by atoms with van der Waals surface area (Å²) in [7, 11) is 0. The topological polar surface area (TPSA) is 9.23 Å². The first kappa shape index (κ1) is 22.6. The summed E-state index contributed by atoms with van der Waals surface area (Å²) in [6, 6.07) is 12.6. The predicted molar refractivity (Wildman–Crippen MR) is 126 cm³/mol. The number of unbranched alkanes of at least 4 members (excludes halogenated alkanes) is 1. The highest BCUT2D eigenvalue weighted by Gasteiger charge is 2.21. The van der Waals surface area contributed by atoms with Gasteiger partial charge >= 0.3 is 0 Å². The molecule has 1 nitrogen and oxygen atoms in total. The molecule has 0 bridgehead atoms. The van der Waals surface area contributed by atoms with Gasteiger partial charge < -0.3 is 4.74 Å². The first-order valence-electron chi connectivity index (χ1n) is 11.2. The van der Waals surface area contributed by atoms with Crippen molar-refractivity contribution in [2.24, 2.45) is 0 Å². The van der Waals surface area contributed by atoms with E-state index in [4.69, 9.17) is 16.3 Å². The molecule has 160 valence electrons. The fraction of sp³-hybridized carbons (Fsp3) is 0.407. The minimum atomic E-state index is -0.371. The largest absolute Gasteiger partial charge is 0.492 e. The number of ether oxygens (including phenoxy) is 1. The molecule has 0 saturated heterocycles. The van der Waals surface area contributed by atoms with E-state index in [1.807, 2.05) is 6.92 Å². The first-order chi connectivity index (χ1) is 14.6. The van der Waals surface area contributed by atoms with Gasteiger partial charge in [-0.2, -0.15) is 0 Å². The van der Waals surface area contributed by atoms with Crippen LogP contribution in [-0.2, 0) is 6.42 Å². The Bertz CT molecular complexity index is 882. The average Bonchev–Trinajstić information content (AvgIpc) is 2.78. The maximum Gasteiger partial charge on any atom is 0.153 e. The molecule has 0 saturated carbocycles.